The minimum absolute atomic E-state index is 0.766. The van der Waals surface area contributed by atoms with Gasteiger partial charge in [-0.05, 0) is 57.8 Å². The predicted octanol–water partition coefficient (Wildman–Crippen LogP) is 3.30. The zero-order valence-corrected chi connectivity index (χ0v) is 13.3. The van der Waals surface area contributed by atoms with E-state index in [1.54, 1.807) is 0 Å². The van der Waals surface area contributed by atoms with E-state index in [2.05, 4.69) is 41.4 Å². The molecule has 2 nitrogen and oxygen atoms in total. The van der Waals surface area contributed by atoms with Crippen molar-refractivity contribution in [2.24, 2.45) is 0 Å². The first-order chi connectivity index (χ1) is 9.83. The first kappa shape index (κ1) is 14.4. The third-order valence-electron chi connectivity index (χ3n) is 4.65. The highest BCUT2D eigenvalue weighted by Crippen LogP contribution is 2.26. The van der Waals surface area contributed by atoms with Gasteiger partial charge in [-0.25, -0.2) is 0 Å². The Morgan fingerprint density at radius 3 is 2.80 bits per heavy atom. The summed E-state index contributed by atoms with van der Waals surface area (Å²) in [5.74, 6) is 1.21. The molecule has 3 rings (SSSR count). The summed E-state index contributed by atoms with van der Waals surface area (Å²) in [6.07, 6.45) is 5.53. The Kier molecular flexibility index (Phi) is 5.03. The van der Waals surface area contributed by atoms with Crippen LogP contribution in [0.4, 0.5) is 0 Å². The van der Waals surface area contributed by atoms with E-state index in [9.17, 15) is 0 Å². The third kappa shape index (κ3) is 3.57. The van der Waals surface area contributed by atoms with E-state index in [0.29, 0.717) is 0 Å². The number of hydrogen-bond acceptors (Lipinski definition) is 3. The highest BCUT2D eigenvalue weighted by molar-refractivity contribution is 7.99. The molecule has 0 aromatic heterocycles. The van der Waals surface area contributed by atoms with Gasteiger partial charge in [-0.1, -0.05) is 17.7 Å². The van der Waals surface area contributed by atoms with Gasteiger partial charge in [-0.15, -0.1) is 11.8 Å². The smallest absolute Gasteiger partial charge is 0.0250 e. The van der Waals surface area contributed by atoms with Crippen molar-refractivity contribution in [2.45, 2.75) is 49.6 Å². The summed E-state index contributed by atoms with van der Waals surface area (Å²) in [6.45, 7) is 5.92. The molecule has 2 atom stereocenters. The van der Waals surface area contributed by atoms with Crippen molar-refractivity contribution >= 4 is 11.8 Å². The van der Waals surface area contributed by atoms with Gasteiger partial charge in [0.2, 0.25) is 0 Å². The Labute approximate surface area is 127 Å². The zero-order chi connectivity index (χ0) is 13.8. The zero-order valence-electron chi connectivity index (χ0n) is 12.5. The minimum atomic E-state index is 0.766. The maximum Gasteiger partial charge on any atom is 0.0250 e. The van der Waals surface area contributed by atoms with Crippen molar-refractivity contribution < 1.29 is 0 Å². The fourth-order valence-electron chi connectivity index (χ4n) is 3.54. The number of nitrogens with one attached hydrogen (secondary N) is 1. The second-order valence-corrected chi connectivity index (χ2v) is 7.28. The van der Waals surface area contributed by atoms with Crippen LogP contribution in [0, 0.1) is 6.92 Å². The van der Waals surface area contributed by atoms with Crippen LogP contribution in [0.3, 0.4) is 0 Å². The van der Waals surface area contributed by atoms with Crippen LogP contribution in [0.15, 0.2) is 29.2 Å². The molecule has 1 aromatic carbocycles. The SMILES string of the molecule is Cc1ccc(SCCN2CCCC2C2CCCN2)cc1. The van der Waals surface area contributed by atoms with Crippen LogP contribution in [-0.4, -0.2) is 42.4 Å². The monoisotopic (exact) mass is 290 g/mol. The number of hydrogen-bond donors (Lipinski definition) is 1. The third-order valence-corrected chi connectivity index (χ3v) is 5.64. The molecular formula is C17H26N2S. The van der Waals surface area contributed by atoms with Crippen molar-refractivity contribution in [1.29, 1.82) is 0 Å². The van der Waals surface area contributed by atoms with Crippen molar-refractivity contribution in [1.82, 2.24) is 10.2 Å². The van der Waals surface area contributed by atoms with Gasteiger partial charge in [-0.2, -0.15) is 0 Å². The van der Waals surface area contributed by atoms with Crippen LogP contribution in [0.5, 0.6) is 0 Å². The van der Waals surface area contributed by atoms with Gasteiger partial charge < -0.3 is 5.32 Å². The normalized spacial score (nSPS) is 27.2. The molecule has 0 bridgehead atoms. The van der Waals surface area contributed by atoms with Crippen molar-refractivity contribution in [3.8, 4) is 0 Å². The van der Waals surface area contributed by atoms with E-state index in [0.717, 1.165) is 12.1 Å². The average Bonchev–Trinajstić information content (AvgIpc) is 3.11. The molecule has 1 aromatic rings. The second kappa shape index (κ2) is 6.97. The fourth-order valence-corrected chi connectivity index (χ4v) is 4.43. The van der Waals surface area contributed by atoms with E-state index >= 15 is 0 Å². The van der Waals surface area contributed by atoms with Crippen LogP contribution in [0.25, 0.3) is 0 Å². The van der Waals surface area contributed by atoms with Gasteiger partial charge in [0.25, 0.3) is 0 Å². The lowest BCUT2D eigenvalue weighted by molar-refractivity contribution is 0.226. The fraction of sp³-hybridized carbons (Fsp3) is 0.647. The second-order valence-electron chi connectivity index (χ2n) is 6.11. The van der Waals surface area contributed by atoms with Gasteiger partial charge in [-0.3, -0.25) is 4.90 Å². The van der Waals surface area contributed by atoms with Gasteiger partial charge in [0.05, 0.1) is 0 Å². The van der Waals surface area contributed by atoms with Crippen LogP contribution >= 0.6 is 11.8 Å². The summed E-state index contributed by atoms with van der Waals surface area (Å²) in [7, 11) is 0. The Morgan fingerprint density at radius 1 is 1.20 bits per heavy atom. The summed E-state index contributed by atoms with van der Waals surface area (Å²) < 4.78 is 0. The summed E-state index contributed by atoms with van der Waals surface area (Å²) in [5, 5.41) is 3.69. The number of thioether (sulfide) groups is 1. The molecule has 110 valence electrons. The quantitative estimate of drug-likeness (QED) is 0.838. The van der Waals surface area contributed by atoms with E-state index in [1.807, 2.05) is 11.8 Å². The van der Waals surface area contributed by atoms with Crippen molar-refractivity contribution in [3.05, 3.63) is 29.8 Å². The lowest BCUT2D eigenvalue weighted by atomic mass is 10.0. The molecule has 0 saturated carbocycles. The van der Waals surface area contributed by atoms with Crippen LogP contribution in [-0.2, 0) is 0 Å². The lowest BCUT2D eigenvalue weighted by Gasteiger charge is -2.29. The first-order valence-electron chi connectivity index (χ1n) is 8.00. The van der Waals surface area contributed by atoms with Crippen molar-refractivity contribution in [3.63, 3.8) is 0 Å². The standard InChI is InChI=1S/C17H26N2S/c1-14-6-8-15(9-7-14)20-13-12-19-11-3-5-17(19)16-4-2-10-18-16/h6-9,16-18H,2-5,10-13H2,1H3. The molecule has 1 N–H and O–H groups in total. The van der Waals surface area contributed by atoms with E-state index in [1.165, 1.54) is 61.5 Å². The van der Waals surface area contributed by atoms with Crippen LogP contribution < -0.4 is 5.32 Å². The molecule has 3 heteroatoms. The number of nitrogens with zero attached hydrogens (tertiary/aromatic N) is 1. The summed E-state index contributed by atoms with van der Waals surface area (Å²) in [6, 6.07) is 10.5. The van der Waals surface area contributed by atoms with Gasteiger partial charge >= 0.3 is 0 Å². The predicted molar refractivity (Wildman–Crippen MR) is 87.5 cm³/mol. The molecule has 2 heterocycles. The Morgan fingerprint density at radius 2 is 2.05 bits per heavy atom. The number of likely N-dealkylation sites (tertiary alicyclic amines) is 1. The van der Waals surface area contributed by atoms with Crippen molar-refractivity contribution in [2.75, 3.05) is 25.4 Å². The number of aryl methyl sites for hydroxylation is 1. The molecule has 0 spiro atoms. The van der Waals surface area contributed by atoms with Gasteiger partial charge in [0.15, 0.2) is 0 Å². The average molecular weight is 290 g/mol. The van der Waals surface area contributed by atoms with Crippen LogP contribution in [0.1, 0.15) is 31.2 Å². The van der Waals surface area contributed by atoms with Crippen LogP contribution in [0.2, 0.25) is 0 Å². The maximum absolute atomic E-state index is 3.69. The number of rotatable bonds is 5. The summed E-state index contributed by atoms with van der Waals surface area (Å²) in [5.41, 5.74) is 1.35. The van der Waals surface area contributed by atoms with E-state index in [4.69, 9.17) is 0 Å². The van der Waals surface area contributed by atoms with E-state index < -0.39 is 0 Å². The Balaban J connectivity index is 1.46. The summed E-state index contributed by atoms with van der Waals surface area (Å²) in [4.78, 5) is 4.13. The molecular weight excluding hydrogens is 264 g/mol. The lowest BCUT2D eigenvalue weighted by Crippen LogP contribution is -2.44. The molecule has 2 aliphatic heterocycles. The highest BCUT2D eigenvalue weighted by Gasteiger charge is 2.32. The first-order valence-corrected chi connectivity index (χ1v) is 8.98. The Bertz CT molecular complexity index is 412. The topological polar surface area (TPSA) is 15.3 Å². The molecule has 0 radical (unpaired) electrons. The molecule has 2 unspecified atom stereocenters. The number of benzene rings is 1. The van der Waals surface area contributed by atoms with E-state index in [-0.39, 0.29) is 0 Å². The Hall–Kier alpha value is -0.510. The molecule has 0 aliphatic carbocycles. The molecule has 2 aliphatic rings. The highest BCUT2D eigenvalue weighted by atomic mass is 32.2. The molecule has 20 heavy (non-hydrogen) atoms. The largest absolute Gasteiger partial charge is 0.312 e. The molecule has 2 fully saturated rings. The summed E-state index contributed by atoms with van der Waals surface area (Å²) >= 11 is 2.00. The molecule has 0 amide bonds. The van der Waals surface area contributed by atoms with Gasteiger partial charge in [0, 0.05) is 29.3 Å². The molecule has 2 saturated heterocycles. The minimum Gasteiger partial charge on any atom is -0.312 e. The maximum atomic E-state index is 3.69. The van der Waals surface area contributed by atoms with Gasteiger partial charge in [0.1, 0.15) is 0 Å².